The number of nitrogens with zero attached hydrogens (tertiary/aromatic N) is 2. The van der Waals surface area contributed by atoms with Crippen LogP contribution in [0.15, 0.2) is 10.5 Å². The van der Waals surface area contributed by atoms with E-state index in [4.69, 9.17) is 9.15 Å². The molecule has 0 radical (unpaired) electrons. The van der Waals surface area contributed by atoms with Gasteiger partial charge in [0.1, 0.15) is 11.5 Å². The molecule has 0 atom stereocenters. The van der Waals surface area contributed by atoms with Crippen molar-refractivity contribution in [3.05, 3.63) is 23.2 Å². The molecule has 0 saturated carbocycles. The van der Waals surface area contributed by atoms with Crippen LogP contribution in [-0.2, 0) is 14.3 Å². The zero-order valence-corrected chi connectivity index (χ0v) is 19.6. The minimum absolute atomic E-state index is 0.0359. The maximum absolute atomic E-state index is 13.1. The van der Waals surface area contributed by atoms with Crippen molar-refractivity contribution in [1.29, 1.82) is 0 Å². The molecular weight excluding hydrogens is 396 g/mol. The molecule has 1 fully saturated rings. The summed E-state index contributed by atoms with van der Waals surface area (Å²) < 4.78 is 10.6. The monoisotopic (exact) mass is 434 g/mol. The van der Waals surface area contributed by atoms with E-state index in [0.29, 0.717) is 69.1 Å². The van der Waals surface area contributed by atoms with Gasteiger partial charge in [0.05, 0.1) is 18.1 Å². The van der Waals surface area contributed by atoms with Crippen molar-refractivity contribution in [2.24, 2.45) is 5.92 Å². The second-order valence-corrected chi connectivity index (χ2v) is 8.34. The molecule has 2 amide bonds. The minimum Gasteiger partial charge on any atom is -0.466 e. The Kier molecular flexibility index (Phi) is 10.1. The molecule has 0 bridgehead atoms. The lowest BCUT2D eigenvalue weighted by Gasteiger charge is -2.31. The van der Waals surface area contributed by atoms with Crippen LogP contribution in [0, 0.1) is 19.8 Å². The van der Waals surface area contributed by atoms with E-state index in [9.17, 15) is 14.4 Å². The highest BCUT2D eigenvalue weighted by Crippen LogP contribution is 2.20. The van der Waals surface area contributed by atoms with Crippen LogP contribution in [0.5, 0.6) is 0 Å². The zero-order chi connectivity index (χ0) is 22.8. The Morgan fingerprint density at radius 1 is 1.10 bits per heavy atom. The van der Waals surface area contributed by atoms with Crippen LogP contribution in [0.1, 0.15) is 80.7 Å². The highest BCUT2D eigenvalue weighted by Gasteiger charge is 2.29. The van der Waals surface area contributed by atoms with E-state index >= 15 is 0 Å². The fraction of sp³-hybridized carbons (Fsp3) is 0.708. The van der Waals surface area contributed by atoms with Crippen LogP contribution < -0.4 is 0 Å². The standard InChI is InChI=1S/C24H38N2O5/c1-5-7-8-9-13-26(23(28)21-17-18(3)31-19(21)4)16-12-22(27)25-14-10-20(11-15-25)24(29)30-6-2/h17,20H,5-16H2,1-4H3. The molecule has 31 heavy (non-hydrogen) atoms. The third kappa shape index (κ3) is 7.40. The molecule has 1 aromatic heterocycles. The number of esters is 1. The average Bonchev–Trinajstić information content (AvgIpc) is 3.10. The number of furan rings is 1. The third-order valence-corrected chi connectivity index (χ3v) is 5.90. The van der Waals surface area contributed by atoms with Crippen LogP contribution in [0.2, 0.25) is 0 Å². The number of amides is 2. The molecule has 0 aromatic carbocycles. The van der Waals surface area contributed by atoms with Gasteiger partial charge in [0.2, 0.25) is 5.91 Å². The molecule has 2 heterocycles. The average molecular weight is 435 g/mol. The van der Waals surface area contributed by atoms with Crippen molar-refractivity contribution in [3.8, 4) is 0 Å². The van der Waals surface area contributed by atoms with E-state index in [1.807, 2.05) is 11.8 Å². The quantitative estimate of drug-likeness (QED) is 0.387. The van der Waals surface area contributed by atoms with Crippen LogP contribution in [0.4, 0.5) is 0 Å². The fourth-order valence-corrected chi connectivity index (χ4v) is 4.07. The Labute approximate surface area is 186 Å². The second kappa shape index (κ2) is 12.5. The largest absolute Gasteiger partial charge is 0.466 e. The number of hydrogen-bond acceptors (Lipinski definition) is 5. The summed E-state index contributed by atoms with van der Waals surface area (Å²) in [5.74, 6) is 1.02. The van der Waals surface area contributed by atoms with E-state index in [-0.39, 0.29) is 23.7 Å². The molecule has 0 aliphatic carbocycles. The summed E-state index contributed by atoms with van der Waals surface area (Å²) >= 11 is 0. The summed E-state index contributed by atoms with van der Waals surface area (Å²) in [5.41, 5.74) is 0.579. The fourth-order valence-electron chi connectivity index (χ4n) is 4.07. The van der Waals surface area contributed by atoms with E-state index in [0.717, 1.165) is 25.7 Å². The predicted molar refractivity (Wildman–Crippen MR) is 119 cm³/mol. The smallest absolute Gasteiger partial charge is 0.309 e. The summed E-state index contributed by atoms with van der Waals surface area (Å²) in [4.78, 5) is 41.4. The van der Waals surface area contributed by atoms with E-state index in [2.05, 4.69) is 6.92 Å². The first kappa shape index (κ1) is 25.0. The number of carbonyl (C=O) groups excluding carboxylic acids is 3. The number of aryl methyl sites for hydroxylation is 2. The molecule has 2 rings (SSSR count). The van der Waals surface area contributed by atoms with Crippen molar-refractivity contribution in [2.75, 3.05) is 32.8 Å². The van der Waals surface area contributed by atoms with Gasteiger partial charge in [0.15, 0.2) is 0 Å². The van der Waals surface area contributed by atoms with Gasteiger partial charge in [-0.25, -0.2) is 0 Å². The van der Waals surface area contributed by atoms with Crippen molar-refractivity contribution in [1.82, 2.24) is 9.80 Å². The van der Waals surface area contributed by atoms with Gasteiger partial charge in [-0.1, -0.05) is 26.2 Å². The highest BCUT2D eigenvalue weighted by molar-refractivity contribution is 5.95. The molecule has 0 unspecified atom stereocenters. The van der Waals surface area contributed by atoms with Crippen LogP contribution >= 0.6 is 0 Å². The molecule has 1 aliphatic heterocycles. The number of carbonyl (C=O) groups is 3. The second-order valence-electron chi connectivity index (χ2n) is 8.34. The molecule has 1 saturated heterocycles. The third-order valence-electron chi connectivity index (χ3n) is 5.90. The van der Waals surface area contributed by atoms with E-state index in [1.165, 1.54) is 0 Å². The van der Waals surface area contributed by atoms with Gasteiger partial charge in [-0.15, -0.1) is 0 Å². The Bertz CT molecular complexity index is 734. The van der Waals surface area contributed by atoms with Gasteiger partial charge in [-0.2, -0.15) is 0 Å². The molecule has 174 valence electrons. The number of unbranched alkanes of at least 4 members (excludes halogenated alkanes) is 3. The molecular formula is C24H38N2O5. The van der Waals surface area contributed by atoms with Crippen LogP contribution in [0.3, 0.4) is 0 Å². The van der Waals surface area contributed by atoms with Gasteiger partial charge in [0, 0.05) is 32.6 Å². The lowest BCUT2D eigenvalue weighted by molar-refractivity contribution is -0.151. The molecule has 7 nitrogen and oxygen atoms in total. The summed E-state index contributed by atoms with van der Waals surface area (Å²) in [6.07, 6.45) is 5.83. The Morgan fingerprint density at radius 2 is 1.81 bits per heavy atom. The van der Waals surface area contributed by atoms with Gasteiger partial charge in [-0.05, 0) is 46.1 Å². The first-order chi connectivity index (χ1) is 14.9. The topological polar surface area (TPSA) is 80.1 Å². The number of piperidine rings is 1. The summed E-state index contributed by atoms with van der Waals surface area (Å²) in [6.45, 7) is 10.1. The zero-order valence-electron chi connectivity index (χ0n) is 19.6. The molecule has 1 aromatic rings. The van der Waals surface area contributed by atoms with Crippen molar-refractivity contribution in [2.45, 2.75) is 72.6 Å². The number of likely N-dealkylation sites (tertiary alicyclic amines) is 1. The molecule has 7 heteroatoms. The lowest BCUT2D eigenvalue weighted by atomic mass is 9.97. The Balaban J connectivity index is 1.91. The number of ether oxygens (including phenoxy) is 1. The Hall–Kier alpha value is -2.31. The summed E-state index contributed by atoms with van der Waals surface area (Å²) in [6, 6.07) is 1.78. The van der Waals surface area contributed by atoms with Crippen molar-refractivity contribution >= 4 is 17.8 Å². The molecule has 1 aliphatic rings. The highest BCUT2D eigenvalue weighted by atomic mass is 16.5. The SMILES string of the molecule is CCCCCCN(CCC(=O)N1CCC(C(=O)OCC)CC1)C(=O)c1cc(C)oc1C. The minimum atomic E-state index is -0.163. The normalized spacial score (nSPS) is 14.5. The van der Waals surface area contributed by atoms with Gasteiger partial charge >= 0.3 is 5.97 Å². The maximum atomic E-state index is 13.1. The number of rotatable bonds is 11. The van der Waals surface area contributed by atoms with E-state index < -0.39 is 0 Å². The molecule has 0 N–H and O–H groups in total. The van der Waals surface area contributed by atoms with Crippen molar-refractivity contribution in [3.63, 3.8) is 0 Å². The van der Waals surface area contributed by atoms with Crippen LogP contribution in [-0.4, -0.2) is 60.4 Å². The predicted octanol–water partition coefficient (Wildman–Crippen LogP) is 4.11. The summed E-state index contributed by atoms with van der Waals surface area (Å²) in [5, 5.41) is 0. The Morgan fingerprint density at radius 3 is 2.39 bits per heavy atom. The van der Waals surface area contributed by atoms with Gasteiger partial charge in [-0.3, -0.25) is 14.4 Å². The first-order valence-corrected chi connectivity index (χ1v) is 11.7. The lowest BCUT2D eigenvalue weighted by Crippen LogP contribution is -2.42. The van der Waals surface area contributed by atoms with Crippen molar-refractivity contribution < 1.29 is 23.5 Å². The first-order valence-electron chi connectivity index (χ1n) is 11.7. The van der Waals surface area contributed by atoms with Crippen LogP contribution in [0.25, 0.3) is 0 Å². The van der Waals surface area contributed by atoms with Gasteiger partial charge in [0.25, 0.3) is 5.91 Å². The number of hydrogen-bond donors (Lipinski definition) is 0. The van der Waals surface area contributed by atoms with Gasteiger partial charge < -0.3 is 19.0 Å². The summed E-state index contributed by atoms with van der Waals surface area (Å²) in [7, 11) is 0. The van der Waals surface area contributed by atoms with E-state index in [1.54, 1.807) is 24.8 Å². The molecule has 0 spiro atoms. The maximum Gasteiger partial charge on any atom is 0.309 e.